The number of hydrogen-bond donors (Lipinski definition) is 1. The average Bonchev–Trinajstić information content (AvgIpc) is 3.52. The summed E-state index contributed by atoms with van der Waals surface area (Å²) in [7, 11) is 0. The summed E-state index contributed by atoms with van der Waals surface area (Å²) >= 11 is 0. The number of aromatic nitrogens is 2. The zero-order chi connectivity index (χ0) is 27.6. The van der Waals surface area contributed by atoms with Gasteiger partial charge in [-0.05, 0) is 72.9 Å². The molecule has 0 aliphatic heterocycles. The molecule has 1 saturated carbocycles. The Morgan fingerprint density at radius 2 is 1.43 bits per heavy atom. The minimum atomic E-state index is -0.884. The standard InChI is InChI=1S/C18H18N2O.C13H7FN2O3/c19-15-11-14(10-9-13(15)8-7-12-5-6-12)18-20-16-3-1-2-4-17(16)21-18;14-9-6-5-8(7-11(9)16(17)18)13-15-10-3-1-2-4-12(10)19-13/h1-4,9-12H,5-8,19H2;1-7H. The third-order valence-corrected chi connectivity index (χ3v) is 6.89. The lowest BCUT2D eigenvalue weighted by atomic mass is 10.0. The van der Waals surface area contributed by atoms with Gasteiger partial charge in [-0.2, -0.15) is 4.39 Å². The van der Waals surface area contributed by atoms with E-state index >= 15 is 0 Å². The summed E-state index contributed by atoms with van der Waals surface area (Å²) in [5.74, 6) is 0.909. The van der Waals surface area contributed by atoms with E-state index in [2.05, 4.69) is 22.1 Å². The second-order valence-corrected chi connectivity index (χ2v) is 9.79. The molecule has 200 valence electrons. The number of nitrogens with zero attached hydrogens (tertiary/aromatic N) is 3. The topological polar surface area (TPSA) is 121 Å². The van der Waals surface area contributed by atoms with Crippen LogP contribution in [0.1, 0.15) is 24.8 Å². The van der Waals surface area contributed by atoms with E-state index in [4.69, 9.17) is 14.6 Å². The molecule has 0 bridgehead atoms. The van der Waals surface area contributed by atoms with Crippen molar-refractivity contribution in [3.63, 3.8) is 0 Å². The van der Waals surface area contributed by atoms with Crippen LogP contribution in [0.25, 0.3) is 45.1 Å². The summed E-state index contributed by atoms with van der Waals surface area (Å²) in [5, 5.41) is 10.7. The summed E-state index contributed by atoms with van der Waals surface area (Å²) in [6.07, 6.45) is 5.11. The minimum absolute atomic E-state index is 0.226. The van der Waals surface area contributed by atoms with Crippen LogP contribution >= 0.6 is 0 Å². The maximum Gasteiger partial charge on any atom is 0.305 e. The van der Waals surface area contributed by atoms with Crippen molar-refractivity contribution < 1.29 is 18.1 Å². The summed E-state index contributed by atoms with van der Waals surface area (Å²) < 4.78 is 24.5. The molecule has 1 aliphatic carbocycles. The number of nitro benzene ring substituents is 1. The highest BCUT2D eigenvalue weighted by Crippen LogP contribution is 2.35. The van der Waals surface area contributed by atoms with Gasteiger partial charge < -0.3 is 14.6 Å². The summed E-state index contributed by atoms with van der Waals surface area (Å²) in [4.78, 5) is 18.6. The summed E-state index contributed by atoms with van der Waals surface area (Å²) in [6, 6.07) is 24.6. The van der Waals surface area contributed by atoms with E-state index in [9.17, 15) is 14.5 Å². The Hall–Kier alpha value is -5.05. The molecule has 7 rings (SSSR count). The number of aryl methyl sites for hydroxylation is 1. The maximum absolute atomic E-state index is 13.2. The molecule has 4 aromatic carbocycles. The van der Waals surface area contributed by atoms with E-state index in [-0.39, 0.29) is 5.89 Å². The maximum atomic E-state index is 13.2. The molecule has 0 saturated heterocycles. The van der Waals surface area contributed by atoms with Crippen LogP contribution in [0.15, 0.2) is 93.8 Å². The first kappa shape index (κ1) is 25.2. The number of anilines is 1. The predicted molar refractivity (Wildman–Crippen MR) is 151 cm³/mol. The van der Waals surface area contributed by atoms with Crippen LogP contribution in [-0.4, -0.2) is 14.9 Å². The Morgan fingerprint density at radius 3 is 1.98 bits per heavy atom. The number of hydrogen-bond acceptors (Lipinski definition) is 7. The minimum Gasteiger partial charge on any atom is -0.436 e. The Kier molecular flexibility index (Phi) is 6.69. The number of nitro groups is 1. The Bertz CT molecular complexity index is 1770. The Balaban J connectivity index is 0.000000145. The lowest BCUT2D eigenvalue weighted by molar-refractivity contribution is -0.387. The molecule has 8 nitrogen and oxygen atoms in total. The fourth-order valence-electron chi connectivity index (χ4n) is 4.50. The van der Waals surface area contributed by atoms with Gasteiger partial charge >= 0.3 is 5.69 Å². The molecule has 0 amide bonds. The van der Waals surface area contributed by atoms with Crippen molar-refractivity contribution in [3.05, 3.63) is 106 Å². The van der Waals surface area contributed by atoms with Crippen LogP contribution in [-0.2, 0) is 6.42 Å². The van der Waals surface area contributed by atoms with Crippen molar-refractivity contribution in [2.24, 2.45) is 5.92 Å². The van der Waals surface area contributed by atoms with Gasteiger partial charge in [-0.1, -0.05) is 43.2 Å². The Morgan fingerprint density at radius 1 is 0.850 bits per heavy atom. The van der Waals surface area contributed by atoms with E-state index in [1.54, 1.807) is 18.2 Å². The molecule has 2 N–H and O–H groups in total. The number of nitrogens with two attached hydrogens (primary N) is 1. The third kappa shape index (κ3) is 5.40. The number of fused-ring (bicyclic) bond motifs is 2. The zero-order valence-corrected chi connectivity index (χ0v) is 21.4. The van der Waals surface area contributed by atoms with Crippen LogP contribution < -0.4 is 5.73 Å². The number of rotatable bonds is 6. The summed E-state index contributed by atoms with van der Waals surface area (Å²) in [5.41, 5.74) is 11.9. The first-order valence-electron chi connectivity index (χ1n) is 13.0. The lowest BCUT2D eigenvalue weighted by Crippen LogP contribution is -1.96. The highest BCUT2D eigenvalue weighted by molar-refractivity contribution is 5.77. The smallest absolute Gasteiger partial charge is 0.305 e. The van der Waals surface area contributed by atoms with Gasteiger partial charge in [-0.25, -0.2) is 9.97 Å². The van der Waals surface area contributed by atoms with Gasteiger partial charge in [0, 0.05) is 22.9 Å². The second-order valence-electron chi connectivity index (χ2n) is 9.79. The molecule has 2 aromatic heterocycles. The molecule has 1 fully saturated rings. The fraction of sp³-hybridized carbons (Fsp3) is 0.161. The second kappa shape index (κ2) is 10.6. The average molecular weight is 537 g/mol. The van der Waals surface area contributed by atoms with Crippen molar-refractivity contribution in [1.82, 2.24) is 9.97 Å². The van der Waals surface area contributed by atoms with Gasteiger partial charge in [0.05, 0.1) is 4.92 Å². The van der Waals surface area contributed by atoms with E-state index < -0.39 is 16.4 Å². The van der Waals surface area contributed by atoms with E-state index in [0.29, 0.717) is 22.6 Å². The van der Waals surface area contributed by atoms with Crippen LogP contribution in [0.5, 0.6) is 0 Å². The molecule has 40 heavy (non-hydrogen) atoms. The normalized spacial score (nSPS) is 12.8. The van der Waals surface area contributed by atoms with Gasteiger partial charge in [0.15, 0.2) is 11.2 Å². The summed E-state index contributed by atoms with van der Waals surface area (Å²) in [6.45, 7) is 0. The number of halogens is 1. The van der Waals surface area contributed by atoms with Crippen LogP contribution in [0, 0.1) is 21.8 Å². The largest absolute Gasteiger partial charge is 0.436 e. The molecule has 9 heteroatoms. The molecule has 6 aromatic rings. The van der Waals surface area contributed by atoms with Gasteiger partial charge in [0.2, 0.25) is 17.6 Å². The first-order chi connectivity index (χ1) is 19.4. The van der Waals surface area contributed by atoms with Gasteiger partial charge in [0.1, 0.15) is 11.0 Å². The molecule has 0 atom stereocenters. The quantitative estimate of drug-likeness (QED) is 0.130. The molecular weight excluding hydrogens is 511 g/mol. The molecule has 0 radical (unpaired) electrons. The lowest BCUT2D eigenvalue weighted by Gasteiger charge is -2.06. The van der Waals surface area contributed by atoms with Crippen molar-refractivity contribution in [1.29, 1.82) is 0 Å². The molecule has 2 heterocycles. The molecule has 0 spiro atoms. The van der Waals surface area contributed by atoms with Crippen LogP contribution in [0.3, 0.4) is 0 Å². The van der Waals surface area contributed by atoms with E-state index in [0.717, 1.165) is 46.8 Å². The van der Waals surface area contributed by atoms with Gasteiger partial charge in [-0.3, -0.25) is 10.1 Å². The number of benzene rings is 4. The first-order valence-corrected chi connectivity index (χ1v) is 13.0. The van der Waals surface area contributed by atoms with Gasteiger partial charge in [0.25, 0.3) is 0 Å². The van der Waals surface area contributed by atoms with Crippen molar-refractivity contribution in [2.45, 2.75) is 25.7 Å². The van der Waals surface area contributed by atoms with E-state index in [1.165, 1.54) is 30.9 Å². The third-order valence-electron chi connectivity index (χ3n) is 6.89. The molecule has 1 aliphatic rings. The van der Waals surface area contributed by atoms with E-state index in [1.807, 2.05) is 36.4 Å². The highest BCUT2D eigenvalue weighted by Gasteiger charge is 2.21. The Labute approximate surface area is 228 Å². The van der Waals surface area contributed by atoms with Crippen LogP contribution in [0.4, 0.5) is 15.8 Å². The van der Waals surface area contributed by atoms with Gasteiger partial charge in [-0.15, -0.1) is 0 Å². The molecular formula is C31H25FN4O4. The van der Waals surface area contributed by atoms with Crippen LogP contribution in [0.2, 0.25) is 0 Å². The predicted octanol–water partition coefficient (Wildman–Crippen LogP) is 7.96. The monoisotopic (exact) mass is 536 g/mol. The van der Waals surface area contributed by atoms with Crippen molar-refractivity contribution in [3.8, 4) is 22.9 Å². The highest BCUT2D eigenvalue weighted by atomic mass is 19.1. The fourth-order valence-corrected chi connectivity index (χ4v) is 4.50. The van der Waals surface area contributed by atoms with Crippen molar-refractivity contribution in [2.75, 3.05) is 5.73 Å². The zero-order valence-electron chi connectivity index (χ0n) is 21.4. The SMILES string of the molecule is Nc1cc(-c2nc3ccccc3o2)ccc1CCC1CC1.O=[N+]([O-])c1cc(-c2nc3ccccc3o2)ccc1F. The number of oxazole rings is 2. The molecule has 0 unspecified atom stereocenters. The number of para-hydroxylation sites is 4. The number of nitrogen functional groups attached to an aromatic ring is 1. The van der Waals surface area contributed by atoms with Crippen molar-refractivity contribution >= 4 is 33.6 Å².